The molecule has 1 aromatic rings. The standard InChI is InChI=1S/C12H16N2OS/c1-7-3-4-10(12(13)8(7)2)14-6-9(16)5-11(14)15/h3-4,9,16H,5-6,13H2,1-2H3. The summed E-state index contributed by atoms with van der Waals surface area (Å²) in [6.45, 7) is 4.64. The fourth-order valence-electron chi connectivity index (χ4n) is 1.98. The molecule has 1 aromatic carbocycles. The molecule has 1 saturated heterocycles. The maximum absolute atomic E-state index is 11.8. The zero-order valence-corrected chi connectivity index (χ0v) is 10.4. The van der Waals surface area contributed by atoms with E-state index in [1.54, 1.807) is 4.90 Å². The highest BCUT2D eigenvalue weighted by molar-refractivity contribution is 7.81. The molecule has 2 N–H and O–H groups in total. The topological polar surface area (TPSA) is 46.3 Å². The second-order valence-electron chi connectivity index (χ2n) is 4.30. The van der Waals surface area contributed by atoms with Crippen LogP contribution in [0.3, 0.4) is 0 Å². The molecule has 3 nitrogen and oxygen atoms in total. The second-order valence-corrected chi connectivity index (χ2v) is 5.03. The van der Waals surface area contributed by atoms with Gasteiger partial charge in [0.1, 0.15) is 0 Å². The number of thiol groups is 1. The van der Waals surface area contributed by atoms with E-state index in [1.807, 2.05) is 26.0 Å². The number of benzene rings is 1. The second kappa shape index (κ2) is 4.01. The van der Waals surface area contributed by atoms with Crippen LogP contribution >= 0.6 is 12.6 Å². The molecule has 1 aliphatic heterocycles. The summed E-state index contributed by atoms with van der Waals surface area (Å²) < 4.78 is 0. The van der Waals surface area contributed by atoms with Crippen molar-refractivity contribution in [3.63, 3.8) is 0 Å². The molecule has 1 unspecified atom stereocenters. The number of carbonyl (C=O) groups is 1. The number of hydrogen-bond acceptors (Lipinski definition) is 3. The summed E-state index contributed by atoms with van der Waals surface area (Å²) in [4.78, 5) is 13.5. The third kappa shape index (κ3) is 1.78. The number of carbonyl (C=O) groups excluding carboxylic acids is 1. The van der Waals surface area contributed by atoms with Gasteiger partial charge in [-0.1, -0.05) is 6.07 Å². The van der Waals surface area contributed by atoms with Gasteiger partial charge in [-0.15, -0.1) is 0 Å². The lowest BCUT2D eigenvalue weighted by Crippen LogP contribution is -2.25. The summed E-state index contributed by atoms with van der Waals surface area (Å²) in [6.07, 6.45) is 0.496. The van der Waals surface area contributed by atoms with Crippen LogP contribution in [0.15, 0.2) is 12.1 Å². The first kappa shape index (κ1) is 11.3. The first-order chi connectivity index (χ1) is 7.50. The summed E-state index contributed by atoms with van der Waals surface area (Å²) in [5.41, 5.74) is 9.78. The quantitative estimate of drug-likeness (QED) is 0.578. The molecule has 1 aliphatic rings. The number of nitrogen functional groups attached to an aromatic ring is 1. The van der Waals surface area contributed by atoms with Gasteiger partial charge in [0.15, 0.2) is 0 Å². The molecule has 0 aromatic heterocycles. The molecule has 1 heterocycles. The van der Waals surface area contributed by atoms with Crippen molar-refractivity contribution in [2.24, 2.45) is 0 Å². The molecule has 1 atom stereocenters. The highest BCUT2D eigenvalue weighted by atomic mass is 32.1. The molecule has 0 spiro atoms. The van der Waals surface area contributed by atoms with Gasteiger partial charge < -0.3 is 10.6 Å². The molecule has 0 aliphatic carbocycles. The van der Waals surface area contributed by atoms with Crippen molar-refractivity contribution in [1.29, 1.82) is 0 Å². The van der Waals surface area contributed by atoms with Gasteiger partial charge in [-0.3, -0.25) is 4.79 Å². The number of hydrogen-bond donors (Lipinski definition) is 2. The molecule has 0 bridgehead atoms. The number of nitrogens with two attached hydrogens (primary N) is 1. The summed E-state index contributed by atoms with van der Waals surface area (Å²) in [7, 11) is 0. The summed E-state index contributed by atoms with van der Waals surface area (Å²) >= 11 is 4.34. The third-order valence-electron chi connectivity index (χ3n) is 3.16. The van der Waals surface area contributed by atoms with Gasteiger partial charge in [0, 0.05) is 18.2 Å². The number of amides is 1. The largest absolute Gasteiger partial charge is 0.397 e. The molecule has 86 valence electrons. The maximum atomic E-state index is 11.8. The van der Waals surface area contributed by atoms with Crippen LogP contribution in [0.5, 0.6) is 0 Å². The Morgan fingerprint density at radius 3 is 2.69 bits per heavy atom. The predicted octanol–water partition coefficient (Wildman–Crippen LogP) is 1.92. The van der Waals surface area contributed by atoms with Crippen LogP contribution in [0.4, 0.5) is 11.4 Å². The minimum atomic E-state index is 0.106. The minimum absolute atomic E-state index is 0.106. The Morgan fingerprint density at radius 2 is 2.12 bits per heavy atom. The van der Waals surface area contributed by atoms with Crippen molar-refractivity contribution in [3.05, 3.63) is 23.3 Å². The van der Waals surface area contributed by atoms with Gasteiger partial charge in [-0.25, -0.2) is 0 Å². The van der Waals surface area contributed by atoms with E-state index in [2.05, 4.69) is 12.6 Å². The van der Waals surface area contributed by atoms with E-state index >= 15 is 0 Å². The summed E-state index contributed by atoms with van der Waals surface area (Å²) in [6, 6.07) is 3.92. The molecular formula is C12H16N2OS. The van der Waals surface area contributed by atoms with E-state index in [-0.39, 0.29) is 11.2 Å². The van der Waals surface area contributed by atoms with Crippen molar-refractivity contribution in [3.8, 4) is 0 Å². The Kier molecular flexibility index (Phi) is 2.84. The maximum Gasteiger partial charge on any atom is 0.228 e. The zero-order chi connectivity index (χ0) is 11.9. The van der Waals surface area contributed by atoms with Gasteiger partial charge >= 0.3 is 0 Å². The van der Waals surface area contributed by atoms with Crippen molar-refractivity contribution in [2.45, 2.75) is 25.5 Å². The Morgan fingerprint density at radius 1 is 1.44 bits per heavy atom. The van der Waals surface area contributed by atoms with E-state index in [1.165, 1.54) is 0 Å². The van der Waals surface area contributed by atoms with E-state index in [9.17, 15) is 4.79 Å². The van der Waals surface area contributed by atoms with Crippen molar-refractivity contribution >= 4 is 29.9 Å². The van der Waals surface area contributed by atoms with Gasteiger partial charge in [0.2, 0.25) is 5.91 Å². The van der Waals surface area contributed by atoms with Crippen LogP contribution in [-0.4, -0.2) is 17.7 Å². The average molecular weight is 236 g/mol. The number of aryl methyl sites for hydroxylation is 1. The van der Waals surface area contributed by atoms with E-state index < -0.39 is 0 Å². The molecule has 16 heavy (non-hydrogen) atoms. The molecule has 0 saturated carbocycles. The van der Waals surface area contributed by atoms with Crippen LogP contribution in [0.25, 0.3) is 0 Å². The molecule has 0 radical (unpaired) electrons. The number of nitrogens with zero attached hydrogens (tertiary/aromatic N) is 1. The first-order valence-corrected chi connectivity index (χ1v) is 5.86. The van der Waals surface area contributed by atoms with Crippen LogP contribution in [0.2, 0.25) is 0 Å². The predicted molar refractivity (Wildman–Crippen MR) is 70.1 cm³/mol. The van der Waals surface area contributed by atoms with Crippen molar-refractivity contribution in [2.75, 3.05) is 17.2 Å². The summed E-state index contributed by atoms with van der Waals surface area (Å²) in [5, 5.41) is 0.119. The van der Waals surface area contributed by atoms with Crippen LogP contribution in [-0.2, 0) is 4.79 Å². The monoisotopic (exact) mass is 236 g/mol. The molecule has 1 amide bonds. The van der Waals surface area contributed by atoms with Crippen LogP contribution < -0.4 is 10.6 Å². The minimum Gasteiger partial charge on any atom is -0.397 e. The highest BCUT2D eigenvalue weighted by Crippen LogP contribution is 2.32. The lowest BCUT2D eigenvalue weighted by molar-refractivity contribution is -0.117. The smallest absolute Gasteiger partial charge is 0.228 e. The first-order valence-electron chi connectivity index (χ1n) is 5.35. The lowest BCUT2D eigenvalue weighted by Gasteiger charge is -2.20. The lowest BCUT2D eigenvalue weighted by atomic mass is 10.1. The Hall–Kier alpha value is -1.16. The van der Waals surface area contributed by atoms with Crippen molar-refractivity contribution < 1.29 is 4.79 Å². The van der Waals surface area contributed by atoms with Gasteiger partial charge in [0.05, 0.1) is 11.4 Å². The summed E-state index contributed by atoms with van der Waals surface area (Å²) in [5.74, 6) is 0.106. The number of rotatable bonds is 1. The highest BCUT2D eigenvalue weighted by Gasteiger charge is 2.29. The Balaban J connectivity index is 2.42. The fraction of sp³-hybridized carbons (Fsp3) is 0.417. The Labute approximate surface area is 101 Å². The average Bonchev–Trinajstić information content (AvgIpc) is 2.55. The van der Waals surface area contributed by atoms with Crippen LogP contribution in [0, 0.1) is 13.8 Å². The van der Waals surface area contributed by atoms with E-state index in [4.69, 9.17) is 5.73 Å². The zero-order valence-electron chi connectivity index (χ0n) is 9.53. The SMILES string of the molecule is Cc1ccc(N2CC(S)CC2=O)c(N)c1C. The molecule has 4 heteroatoms. The fourth-order valence-corrected chi connectivity index (χ4v) is 2.30. The normalized spacial score (nSPS) is 20.6. The molecule has 1 fully saturated rings. The third-order valence-corrected chi connectivity index (χ3v) is 3.50. The van der Waals surface area contributed by atoms with E-state index in [0.717, 1.165) is 16.8 Å². The van der Waals surface area contributed by atoms with Crippen LogP contribution in [0.1, 0.15) is 17.5 Å². The number of anilines is 2. The van der Waals surface area contributed by atoms with Crippen molar-refractivity contribution in [1.82, 2.24) is 0 Å². The molecular weight excluding hydrogens is 220 g/mol. The Bertz CT molecular complexity index is 445. The van der Waals surface area contributed by atoms with Gasteiger partial charge in [0.25, 0.3) is 0 Å². The van der Waals surface area contributed by atoms with Gasteiger partial charge in [-0.2, -0.15) is 12.6 Å². The molecule has 2 rings (SSSR count). The van der Waals surface area contributed by atoms with E-state index in [0.29, 0.717) is 18.7 Å². The van der Waals surface area contributed by atoms with Gasteiger partial charge in [-0.05, 0) is 31.0 Å².